The fourth-order valence-corrected chi connectivity index (χ4v) is 3.05. The van der Waals surface area contributed by atoms with E-state index >= 15 is 0 Å². The molecular formula is C22H42O2. The van der Waals surface area contributed by atoms with Gasteiger partial charge in [0.15, 0.2) is 0 Å². The number of hydrogen-bond donors (Lipinski definition) is 1. The molecule has 1 N–H and O–H groups in total. The van der Waals surface area contributed by atoms with Crippen LogP contribution >= 0.6 is 0 Å². The van der Waals surface area contributed by atoms with Gasteiger partial charge in [-0.05, 0) is 32.1 Å². The Labute approximate surface area is 151 Å². The number of carboxylic acids is 1. The first-order chi connectivity index (χ1) is 11.8. The SMILES string of the molecule is CCCCCCCCC=CCCCCCCCCCCCC(=O)O. The van der Waals surface area contributed by atoms with Gasteiger partial charge in [-0.2, -0.15) is 0 Å². The highest BCUT2D eigenvalue weighted by atomic mass is 16.4. The lowest BCUT2D eigenvalue weighted by atomic mass is 10.1. The van der Waals surface area contributed by atoms with Crippen LogP contribution in [0.15, 0.2) is 12.2 Å². The van der Waals surface area contributed by atoms with Crippen LogP contribution in [0.25, 0.3) is 0 Å². The van der Waals surface area contributed by atoms with Crippen LogP contribution in [0.2, 0.25) is 0 Å². The first kappa shape index (κ1) is 23.2. The molecule has 0 unspecified atom stereocenters. The fraction of sp³-hybridized carbons (Fsp3) is 0.864. The maximum absolute atomic E-state index is 10.4. The first-order valence-electron chi connectivity index (χ1n) is 10.6. The fourth-order valence-electron chi connectivity index (χ4n) is 3.05. The summed E-state index contributed by atoms with van der Waals surface area (Å²) in [5.41, 5.74) is 0. The van der Waals surface area contributed by atoms with Crippen molar-refractivity contribution in [3.8, 4) is 0 Å². The molecule has 0 amide bonds. The molecule has 0 spiro atoms. The van der Waals surface area contributed by atoms with Crippen LogP contribution in [-0.4, -0.2) is 11.1 Å². The van der Waals surface area contributed by atoms with Gasteiger partial charge in [0.25, 0.3) is 0 Å². The van der Waals surface area contributed by atoms with E-state index in [0.717, 1.165) is 12.8 Å². The predicted octanol–water partition coefficient (Wildman–Crippen LogP) is 7.67. The summed E-state index contributed by atoms with van der Waals surface area (Å²) >= 11 is 0. The van der Waals surface area contributed by atoms with Gasteiger partial charge in [-0.3, -0.25) is 4.79 Å². The number of rotatable bonds is 19. The largest absolute Gasteiger partial charge is 0.481 e. The maximum atomic E-state index is 10.4. The van der Waals surface area contributed by atoms with Crippen molar-refractivity contribution in [1.82, 2.24) is 0 Å². The van der Waals surface area contributed by atoms with Gasteiger partial charge in [0, 0.05) is 6.42 Å². The topological polar surface area (TPSA) is 37.3 Å². The Bertz CT molecular complexity index is 284. The Hall–Kier alpha value is -0.790. The summed E-state index contributed by atoms with van der Waals surface area (Å²) in [5.74, 6) is -0.656. The lowest BCUT2D eigenvalue weighted by molar-refractivity contribution is -0.137. The van der Waals surface area contributed by atoms with Crippen molar-refractivity contribution in [3.63, 3.8) is 0 Å². The van der Waals surface area contributed by atoms with Crippen LogP contribution in [0.3, 0.4) is 0 Å². The Morgan fingerprint density at radius 3 is 1.42 bits per heavy atom. The molecule has 0 aromatic carbocycles. The summed E-state index contributed by atoms with van der Waals surface area (Å²) in [7, 11) is 0. The van der Waals surface area contributed by atoms with E-state index in [9.17, 15) is 4.79 Å². The summed E-state index contributed by atoms with van der Waals surface area (Å²) in [5, 5.41) is 8.55. The average Bonchev–Trinajstić information content (AvgIpc) is 2.56. The van der Waals surface area contributed by atoms with E-state index in [2.05, 4.69) is 19.1 Å². The maximum Gasteiger partial charge on any atom is 0.303 e. The molecule has 0 heterocycles. The van der Waals surface area contributed by atoms with Crippen LogP contribution < -0.4 is 0 Å². The van der Waals surface area contributed by atoms with E-state index in [1.165, 1.54) is 96.3 Å². The molecule has 0 radical (unpaired) electrons. The zero-order valence-corrected chi connectivity index (χ0v) is 16.2. The van der Waals surface area contributed by atoms with Gasteiger partial charge in [-0.1, -0.05) is 96.1 Å². The lowest BCUT2D eigenvalue weighted by Gasteiger charge is -2.01. The molecule has 24 heavy (non-hydrogen) atoms. The van der Waals surface area contributed by atoms with Gasteiger partial charge in [0.1, 0.15) is 0 Å². The van der Waals surface area contributed by atoms with Crippen molar-refractivity contribution in [2.75, 3.05) is 0 Å². The van der Waals surface area contributed by atoms with Crippen LogP contribution in [0.4, 0.5) is 0 Å². The predicted molar refractivity (Wildman–Crippen MR) is 106 cm³/mol. The first-order valence-corrected chi connectivity index (χ1v) is 10.6. The summed E-state index contributed by atoms with van der Waals surface area (Å²) in [4.78, 5) is 10.4. The third kappa shape index (κ3) is 21.2. The summed E-state index contributed by atoms with van der Waals surface area (Å²) in [6.45, 7) is 2.27. The summed E-state index contributed by atoms with van der Waals surface area (Å²) in [6, 6.07) is 0. The zero-order chi connectivity index (χ0) is 17.7. The van der Waals surface area contributed by atoms with Crippen LogP contribution in [0.1, 0.15) is 122 Å². The molecule has 0 aromatic heterocycles. The van der Waals surface area contributed by atoms with Gasteiger partial charge in [-0.15, -0.1) is 0 Å². The Balaban J connectivity index is 3.06. The second-order valence-corrected chi connectivity index (χ2v) is 7.14. The lowest BCUT2D eigenvalue weighted by Crippen LogP contribution is -1.93. The molecule has 2 nitrogen and oxygen atoms in total. The van der Waals surface area contributed by atoms with Gasteiger partial charge >= 0.3 is 5.97 Å². The summed E-state index contributed by atoms with van der Waals surface area (Å²) < 4.78 is 0. The Kier molecular flexibility index (Phi) is 19.6. The van der Waals surface area contributed by atoms with E-state index in [0.29, 0.717) is 6.42 Å². The van der Waals surface area contributed by atoms with Crippen molar-refractivity contribution in [2.24, 2.45) is 0 Å². The molecule has 0 aromatic rings. The molecule has 0 fully saturated rings. The molecule has 0 aliphatic rings. The molecule has 2 heteroatoms. The minimum absolute atomic E-state index is 0.340. The highest BCUT2D eigenvalue weighted by molar-refractivity contribution is 5.66. The third-order valence-corrected chi connectivity index (χ3v) is 4.65. The molecule has 0 bridgehead atoms. The van der Waals surface area contributed by atoms with Crippen LogP contribution in [0, 0.1) is 0 Å². The smallest absolute Gasteiger partial charge is 0.303 e. The second kappa shape index (κ2) is 20.3. The second-order valence-electron chi connectivity index (χ2n) is 7.14. The van der Waals surface area contributed by atoms with Gasteiger partial charge in [-0.25, -0.2) is 0 Å². The number of aliphatic carboxylic acids is 1. The third-order valence-electron chi connectivity index (χ3n) is 4.65. The van der Waals surface area contributed by atoms with Gasteiger partial charge in [0.05, 0.1) is 0 Å². The van der Waals surface area contributed by atoms with Gasteiger partial charge < -0.3 is 5.11 Å². The molecule has 0 aliphatic carbocycles. The zero-order valence-electron chi connectivity index (χ0n) is 16.2. The molecule has 0 atom stereocenters. The van der Waals surface area contributed by atoms with Crippen LogP contribution in [-0.2, 0) is 4.79 Å². The monoisotopic (exact) mass is 338 g/mol. The minimum atomic E-state index is -0.656. The normalized spacial score (nSPS) is 11.4. The van der Waals surface area contributed by atoms with Crippen molar-refractivity contribution in [2.45, 2.75) is 122 Å². The van der Waals surface area contributed by atoms with Crippen molar-refractivity contribution in [1.29, 1.82) is 0 Å². The van der Waals surface area contributed by atoms with Crippen molar-refractivity contribution in [3.05, 3.63) is 12.2 Å². The highest BCUT2D eigenvalue weighted by Crippen LogP contribution is 2.12. The van der Waals surface area contributed by atoms with E-state index in [1.54, 1.807) is 0 Å². The molecule has 0 saturated carbocycles. The Morgan fingerprint density at radius 1 is 0.625 bits per heavy atom. The standard InChI is InChI=1S/C22H42O2/c1-2-3-4-5-6-7-8-9-10-11-12-13-14-15-16-17-18-19-20-21-22(23)24/h9-10H,2-8,11-21H2,1H3,(H,23,24). The van der Waals surface area contributed by atoms with E-state index in [-0.39, 0.29) is 0 Å². The van der Waals surface area contributed by atoms with Crippen molar-refractivity contribution >= 4 is 5.97 Å². The molecule has 0 aliphatic heterocycles. The number of carboxylic acid groups (broad SMARTS) is 1. The number of hydrogen-bond acceptors (Lipinski definition) is 1. The van der Waals surface area contributed by atoms with E-state index < -0.39 is 5.97 Å². The number of unbranched alkanes of at least 4 members (excludes halogenated alkanes) is 15. The number of carbonyl (C=O) groups is 1. The molecule has 0 saturated heterocycles. The number of allylic oxidation sites excluding steroid dienone is 2. The molecule has 0 rings (SSSR count). The van der Waals surface area contributed by atoms with E-state index in [4.69, 9.17) is 5.11 Å². The molecular weight excluding hydrogens is 296 g/mol. The average molecular weight is 339 g/mol. The molecule has 142 valence electrons. The van der Waals surface area contributed by atoms with Gasteiger partial charge in [0.2, 0.25) is 0 Å². The summed E-state index contributed by atoms with van der Waals surface area (Å²) in [6.07, 6.45) is 27.1. The van der Waals surface area contributed by atoms with Crippen LogP contribution in [0.5, 0.6) is 0 Å². The quantitative estimate of drug-likeness (QED) is 0.194. The Morgan fingerprint density at radius 2 is 1.00 bits per heavy atom. The highest BCUT2D eigenvalue weighted by Gasteiger charge is 1.96. The van der Waals surface area contributed by atoms with E-state index in [1.807, 2.05) is 0 Å². The minimum Gasteiger partial charge on any atom is -0.481 e. The van der Waals surface area contributed by atoms with Crippen molar-refractivity contribution < 1.29 is 9.90 Å².